The molecule has 0 atom stereocenters. The standard InChI is InChI=1S/C20H16BrNO3/c1-25-14-5-2-4-12(10-14)20(24)22-17-9-8-13(21)11-16(17)15-6-3-7-18(23)19(15)22/h2,4-5,8-11H,3,6-7H2,1H3. The Bertz CT molecular complexity index is 1020. The van der Waals surface area contributed by atoms with Crippen molar-refractivity contribution in [2.75, 3.05) is 7.11 Å². The molecule has 5 heteroatoms. The lowest BCUT2D eigenvalue weighted by molar-refractivity contribution is 0.0913. The van der Waals surface area contributed by atoms with Crippen molar-refractivity contribution in [2.45, 2.75) is 19.3 Å². The second-order valence-corrected chi connectivity index (χ2v) is 7.05. The second-order valence-electron chi connectivity index (χ2n) is 6.14. The third kappa shape index (κ3) is 2.59. The highest BCUT2D eigenvalue weighted by Gasteiger charge is 2.29. The van der Waals surface area contributed by atoms with Gasteiger partial charge in [0.2, 0.25) is 0 Å². The summed E-state index contributed by atoms with van der Waals surface area (Å²) in [6.45, 7) is 0. The van der Waals surface area contributed by atoms with Crippen molar-refractivity contribution in [1.82, 2.24) is 4.57 Å². The molecule has 0 amide bonds. The number of aromatic nitrogens is 1. The maximum atomic E-state index is 13.2. The number of hydrogen-bond acceptors (Lipinski definition) is 3. The lowest BCUT2D eigenvalue weighted by Crippen LogP contribution is -2.21. The summed E-state index contributed by atoms with van der Waals surface area (Å²) in [5, 5.41) is 0.966. The first kappa shape index (κ1) is 16.1. The molecule has 126 valence electrons. The molecule has 0 fully saturated rings. The van der Waals surface area contributed by atoms with E-state index in [1.807, 2.05) is 18.2 Å². The summed E-state index contributed by atoms with van der Waals surface area (Å²) < 4.78 is 7.74. The van der Waals surface area contributed by atoms with Crippen LogP contribution in [0.1, 0.15) is 39.3 Å². The summed E-state index contributed by atoms with van der Waals surface area (Å²) in [5.41, 5.74) is 2.78. The summed E-state index contributed by atoms with van der Waals surface area (Å²) in [5.74, 6) is 0.442. The Morgan fingerprint density at radius 1 is 1.16 bits per heavy atom. The van der Waals surface area contributed by atoms with E-state index in [9.17, 15) is 9.59 Å². The van der Waals surface area contributed by atoms with Crippen molar-refractivity contribution in [3.63, 3.8) is 0 Å². The number of carbonyl (C=O) groups excluding carboxylic acids is 2. The zero-order chi connectivity index (χ0) is 17.6. The number of methoxy groups -OCH3 is 1. The van der Waals surface area contributed by atoms with E-state index in [-0.39, 0.29) is 11.7 Å². The van der Waals surface area contributed by atoms with Crippen molar-refractivity contribution in [3.05, 3.63) is 63.8 Å². The number of hydrogen-bond donors (Lipinski definition) is 0. The molecule has 0 aliphatic heterocycles. The number of halogens is 1. The molecule has 1 aromatic heterocycles. The van der Waals surface area contributed by atoms with E-state index in [2.05, 4.69) is 15.9 Å². The van der Waals surface area contributed by atoms with E-state index in [1.165, 1.54) is 0 Å². The number of ether oxygens (including phenoxy) is 1. The van der Waals surface area contributed by atoms with E-state index in [0.29, 0.717) is 23.4 Å². The topological polar surface area (TPSA) is 48.3 Å². The van der Waals surface area contributed by atoms with Crippen LogP contribution in [0.4, 0.5) is 0 Å². The molecule has 0 N–H and O–H groups in total. The van der Waals surface area contributed by atoms with Gasteiger partial charge in [-0.2, -0.15) is 0 Å². The predicted molar refractivity (Wildman–Crippen MR) is 99.6 cm³/mol. The van der Waals surface area contributed by atoms with Gasteiger partial charge in [0.25, 0.3) is 5.91 Å². The number of Topliss-reactive ketones (excluding diaryl/α,β-unsaturated/α-hetero) is 1. The van der Waals surface area contributed by atoms with E-state index in [0.717, 1.165) is 33.8 Å². The quantitative estimate of drug-likeness (QED) is 0.633. The smallest absolute Gasteiger partial charge is 0.263 e. The second kappa shape index (κ2) is 6.15. The molecular formula is C20H16BrNO3. The van der Waals surface area contributed by atoms with Gasteiger partial charge in [-0.25, -0.2) is 0 Å². The van der Waals surface area contributed by atoms with Gasteiger partial charge in [-0.15, -0.1) is 0 Å². The molecule has 0 unspecified atom stereocenters. The predicted octanol–water partition coefficient (Wildman–Crippen LogP) is 4.62. The van der Waals surface area contributed by atoms with Gasteiger partial charge in [0.05, 0.1) is 18.3 Å². The van der Waals surface area contributed by atoms with Gasteiger partial charge in [0.1, 0.15) is 5.75 Å². The monoisotopic (exact) mass is 397 g/mol. The minimum Gasteiger partial charge on any atom is -0.497 e. The average Bonchev–Trinajstić information content (AvgIpc) is 2.96. The fourth-order valence-corrected chi connectivity index (χ4v) is 3.88. The Morgan fingerprint density at radius 2 is 2.00 bits per heavy atom. The van der Waals surface area contributed by atoms with Crippen LogP contribution in [-0.4, -0.2) is 23.4 Å². The first-order chi connectivity index (χ1) is 12.1. The number of rotatable bonds is 2. The van der Waals surface area contributed by atoms with Crippen LogP contribution in [0.2, 0.25) is 0 Å². The van der Waals surface area contributed by atoms with Crippen LogP contribution in [0.25, 0.3) is 10.9 Å². The van der Waals surface area contributed by atoms with Gasteiger partial charge in [0.15, 0.2) is 5.78 Å². The Morgan fingerprint density at radius 3 is 2.80 bits per heavy atom. The van der Waals surface area contributed by atoms with Crippen LogP contribution in [0.15, 0.2) is 46.9 Å². The van der Waals surface area contributed by atoms with E-state index in [4.69, 9.17) is 4.74 Å². The number of benzene rings is 2. The Labute approximate surface area is 153 Å². The molecule has 1 aliphatic carbocycles. The summed E-state index contributed by atoms with van der Waals surface area (Å²) in [6, 6.07) is 12.8. The fraction of sp³-hybridized carbons (Fsp3) is 0.200. The Kier molecular flexibility index (Phi) is 3.96. The normalized spacial score (nSPS) is 13.8. The SMILES string of the molecule is COc1cccc(C(=O)n2c3c(c4cc(Br)ccc42)CCCC3=O)c1. The van der Waals surface area contributed by atoms with Crippen molar-refractivity contribution in [3.8, 4) is 5.75 Å². The number of nitrogens with zero attached hydrogens (tertiary/aromatic N) is 1. The van der Waals surface area contributed by atoms with Crippen LogP contribution in [0.3, 0.4) is 0 Å². The minimum absolute atomic E-state index is 0.0322. The van der Waals surface area contributed by atoms with Crippen molar-refractivity contribution < 1.29 is 14.3 Å². The van der Waals surface area contributed by atoms with E-state index in [1.54, 1.807) is 35.9 Å². The molecule has 0 saturated heterocycles. The number of fused-ring (bicyclic) bond motifs is 3. The fourth-order valence-electron chi connectivity index (χ4n) is 3.51. The molecule has 1 heterocycles. The van der Waals surface area contributed by atoms with Gasteiger partial charge in [-0.1, -0.05) is 22.0 Å². The lowest BCUT2D eigenvalue weighted by Gasteiger charge is -2.14. The third-order valence-corrected chi connectivity index (χ3v) is 5.14. The van der Waals surface area contributed by atoms with Crippen LogP contribution in [-0.2, 0) is 6.42 Å². The molecule has 1 aliphatic rings. The highest BCUT2D eigenvalue weighted by Crippen LogP contribution is 2.34. The van der Waals surface area contributed by atoms with Gasteiger partial charge in [0, 0.05) is 21.8 Å². The molecule has 4 nitrogen and oxygen atoms in total. The molecule has 25 heavy (non-hydrogen) atoms. The van der Waals surface area contributed by atoms with Gasteiger partial charge >= 0.3 is 0 Å². The summed E-state index contributed by atoms with van der Waals surface area (Å²) in [7, 11) is 1.57. The van der Waals surface area contributed by atoms with E-state index >= 15 is 0 Å². The van der Waals surface area contributed by atoms with Gasteiger partial charge < -0.3 is 4.74 Å². The first-order valence-electron chi connectivity index (χ1n) is 8.15. The van der Waals surface area contributed by atoms with Gasteiger partial charge in [-0.3, -0.25) is 14.2 Å². The summed E-state index contributed by atoms with van der Waals surface area (Å²) in [4.78, 5) is 25.8. The third-order valence-electron chi connectivity index (χ3n) is 4.65. The van der Waals surface area contributed by atoms with Crippen LogP contribution in [0.5, 0.6) is 5.75 Å². The zero-order valence-electron chi connectivity index (χ0n) is 13.7. The zero-order valence-corrected chi connectivity index (χ0v) is 15.3. The maximum Gasteiger partial charge on any atom is 0.263 e. The molecular weight excluding hydrogens is 382 g/mol. The molecule has 4 rings (SSSR count). The number of ketones is 1. The largest absolute Gasteiger partial charge is 0.497 e. The number of aryl methyl sites for hydroxylation is 1. The molecule has 0 saturated carbocycles. The molecule has 3 aromatic rings. The Hall–Kier alpha value is -2.40. The van der Waals surface area contributed by atoms with Crippen LogP contribution in [0, 0.1) is 0 Å². The lowest BCUT2D eigenvalue weighted by atomic mass is 9.94. The number of carbonyl (C=O) groups is 2. The van der Waals surface area contributed by atoms with Gasteiger partial charge in [-0.05, 0) is 54.8 Å². The molecule has 0 bridgehead atoms. The van der Waals surface area contributed by atoms with Crippen molar-refractivity contribution in [2.24, 2.45) is 0 Å². The summed E-state index contributed by atoms with van der Waals surface area (Å²) in [6.07, 6.45) is 2.12. The van der Waals surface area contributed by atoms with Crippen molar-refractivity contribution >= 4 is 38.5 Å². The van der Waals surface area contributed by atoms with Crippen LogP contribution >= 0.6 is 15.9 Å². The van der Waals surface area contributed by atoms with Crippen molar-refractivity contribution in [1.29, 1.82) is 0 Å². The molecule has 0 spiro atoms. The summed E-state index contributed by atoms with van der Waals surface area (Å²) >= 11 is 3.49. The van der Waals surface area contributed by atoms with Crippen LogP contribution < -0.4 is 4.74 Å². The average molecular weight is 398 g/mol. The maximum absolute atomic E-state index is 13.2. The Balaban J connectivity index is 1.99. The molecule has 2 aromatic carbocycles. The minimum atomic E-state index is -0.206. The highest BCUT2D eigenvalue weighted by molar-refractivity contribution is 9.10. The van der Waals surface area contributed by atoms with E-state index < -0.39 is 0 Å². The molecule has 0 radical (unpaired) electrons. The first-order valence-corrected chi connectivity index (χ1v) is 8.94. The highest BCUT2D eigenvalue weighted by atomic mass is 79.9.